The van der Waals surface area contributed by atoms with E-state index in [4.69, 9.17) is 4.98 Å². The molecule has 0 amide bonds. The number of aliphatic hydroxyl groups is 1. The molecule has 0 bridgehead atoms. The van der Waals surface area contributed by atoms with Crippen LogP contribution in [0.3, 0.4) is 0 Å². The minimum Gasteiger partial charge on any atom is -0.512 e. The zero-order chi connectivity index (χ0) is 32.3. The number of hydrogen-bond acceptors (Lipinski definition) is 3. The van der Waals surface area contributed by atoms with Gasteiger partial charge in [-0.15, -0.1) is 34.9 Å². The Balaban J connectivity index is 0.000000412. The van der Waals surface area contributed by atoms with Crippen LogP contribution in [0.2, 0.25) is 0 Å². The predicted octanol–water partition coefficient (Wildman–Crippen LogP) is 11.4. The number of ketones is 1. The molecule has 0 aliphatic heterocycles. The van der Waals surface area contributed by atoms with Gasteiger partial charge in [-0.2, -0.15) is 0 Å². The quantitative estimate of drug-likeness (QED) is 0.163. The van der Waals surface area contributed by atoms with Gasteiger partial charge in [-0.1, -0.05) is 114 Å². The van der Waals surface area contributed by atoms with Crippen molar-refractivity contribution in [2.45, 2.75) is 127 Å². The second-order valence-corrected chi connectivity index (χ2v) is 15.9. The summed E-state index contributed by atoms with van der Waals surface area (Å²) in [4.78, 5) is 16.4. The van der Waals surface area contributed by atoms with Crippen molar-refractivity contribution in [3.63, 3.8) is 0 Å². The molecule has 1 aliphatic rings. The summed E-state index contributed by atoms with van der Waals surface area (Å²) in [5.41, 5.74) is 6.77. The maximum Gasteiger partial charge on any atom is 0.164 e. The SMILES string of the molecule is CC(C)(C)C(=O)/C=C(\O)C(C)(C)C.Cc1[c-]c(-c2ncc(C)c3cc(C(C)C4CCCCC4)ccc23)cc(C(C)(C)C)c1.[Ir]. The minimum absolute atomic E-state index is 0. The van der Waals surface area contributed by atoms with Gasteiger partial charge in [0, 0.05) is 43.2 Å². The Labute approximate surface area is 281 Å². The number of fused-ring (bicyclic) bond motifs is 1. The van der Waals surface area contributed by atoms with Gasteiger partial charge >= 0.3 is 0 Å². The van der Waals surface area contributed by atoms with Crippen LogP contribution in [-0.2, 0) is 30.3 Å². The summed E-state index contributed by atoms with van der Waals surface area (Å²) in [6, 6.07) is 15.2. The van der Waals surface area contributed by atoms with Crippen LogP contribution in [0, 0.1) is 36.7 Å². The second-order valence-electron chi connectivity index (χ2n) is 15.9. The van der Waals surface area contributed by atoms with Gasteiger partial charge in [-0.3, -0.25) is 4.79 Å². The second kappa shape index (κ2) is 14.9. The average Bonchev–Trinajstić information content (AvgIpc) is 2.91. The summed E-state index contributed by atoms with van der Waals surface area (Å²) < 4.78 is 0. The van der Waals surface area contributed by atoms with E-state index < -0.39 is 5.41 Å². The van der Waals surface area contributed by atoms with E-state index in [1.807, 2.05) is 47.7 Å². The number of rotatable bonds is 4. The first-order valence-electron chi connectivity index (χ1n) is 16.2. The smallest absolute Gasteiger partial charge is 0.164 e. The number of pyridine rings is 1. The Morgan fingerprint density at radius 3 is 2.07 bits per heavy atom. The first-order valence-corrected chi connectivity index (χ1v) is 16.2. The molecule has 243 valence electrons. The molecule has 4 heteroatoms. The third kappa shape index (κ3) is 9.85. The number of allylic oxidation sites excluding steroid dienone is 2. The standard InChI is InChI=1S/C29H36N.C11H20O2.Ir/c1-19-14-24(16-25(15-19)29(4,5)6)28-26-13-12-23(17-27(26)20(2)18-30-28)21(3)22-10-8-7-9-11-22;1-10(2,3)8(12)7-9(13)11(4,5)6;/h12-13,15-18,21-22H,7-11H2,1-6H3;7,12H,1-6H3;/q-1;;/b;8-7-;. The molecule has 1 radical (unpaired) electrons. The van der Waals surface area contributed by atoms with Crippen LogP contribution in [0.25, 0.3) is 22.0 Å². The first kappa shape index (κ1) is 37.9. The van der Waals surface area contributed by atoms with E-state index in [1.54, 1.807) is 0 Å². The van der Waals surface area contributed by atoms with Crippen molar-refractivity contribution in [3.8, 4) is 11.3 Å². The molecule has 1 saturated carbocycles. The molecule has 3 aromatic rings. The molecular formula is C40H56IrNO2-. The number of aromatic nitrogens is 1. The van der Waals surface area contributed by atoms with E-state index in [-0.39, 0.29) is 42.5 Å². The number of aliphatic hydroxyl groups excluding tert-OH is 1. The third-order valence-corrected chi connectivity index (χ3v) is 8.89. The van der Waals surface area contributed by atoms with E-state index in [2.05, 4.69) is 77.9 Å². The topological polar surface area (TPSA) is 50.2 Å². The van der Waals surface area contributed by atoms with Gasteiger partial charge in [0.2, 0.25) is 0 Å². The normalized spacial score (nSPS) is 15.7. The zero-order valence-electron chi connectivity index (χ0n) is 29.4. The number of aryl methyl sites for hydroxylation is 2. The van der Waals surface area contributed by atoms with E-state index in [0.717, 1.165) is 17.2 Å². The third-order valence-electron chi connectivity index (χ3n) is 8.89. The van der Waals surface area contributed by atoms with E-state index >= 15 is 0 Å². The summed E-state index contributed by atoms with van der Waals surface area (Å²) >= 11 is 0. The van der Waals surface area contributed by atoms with Crippen LogP contribution in [0.1, 0.15) is 130 Å². The zero-order valence-corrected chi connectivity index (χ0v) is 31.8. The van der Waals surface area contributed by atoms with Crippen molar-refractivity contribution in [2.24, 2.45) is 16.7 Å². The maximum absolute atomic E-state index is 11.5. The van der Waals surface area contributed by atoms with Crippen molar-refractivity contribution >= 4 is 16.6 Å². The molecule has 0 saturated heterocycles. The number of benzene rings is 2. The molecule has 1 unspecified atom stereocenters. The molecule has 3 nitrogen and oxygen atoms in total. The molecule has 1 N–H and O–H groups in total. The van der Waals surface area contributed by atoms with Crippen LogP contribution < -0.4 is 0 Å². The van der Waals surface area contributed by atoms with Crippen LogP contribution in [0.15, 0.2) is 48.4 Å². The van der Waals surface area contributed by atoms with Crippen LogP contribution in [0.4, 0.5) is 0 Å². The van der Waals surface area contributed by atoms with Crippen LogP contribution in [-0.4, -0.2) is 15.9 Å². The van der Waals surface area contributed by atoms with Gasteiger partial charge in [-0.25, -0.2) is 0 Å². The van der Waals surface area contributed by atoms with Crippen molar-refractivity contribution in [3.05, 3.63) is 76.7 Å². The van der Waals surface area contributed by atoms with Crippen LogP contribution >= 0.6 is 0 Å². The van der Waals surface area contributed by atoms with Gasteiger partial charge in [0.1, 0.15) is 5.76 Å². The molecular weight excluding hydrogens is 719 g/mol. The Morgan fingerprint density at radius 1 is 0.909 bits per heavy atom. The maximum atomic E-state index is 11.5. The molecule has 44 heavy (non-hydrogen) atoms. The molecule has 0 spiro atoms. The summed E-state index contributed by atoms with van der Waals surface area (Å²) in [5, 5.41) is 12.1. The minimum atomic E-state index is -0.417. The largest absolute Gasteiger partial charge is 0.512 e. The Morgan fingerprint density at radius 2 is 1.52 bits per heavy atom. The molecule has 1 fully saturated rings. The molecule has 2 aromatic carbocycles. The van der Waals surface area contributed by atoms with E-state index in [9.17, 15) is 9.90 Å². The molecule has 1 atom stereocenters. The van der Waals surface area contributed by atoms with E-state index in [1.165, 1.54) is 71.2 Å². The fourth-order valence-electron chi connectivity index (χ4n) is 5.63. The van der Waals surface area contributed by atoms with Crippen molar-refractivity contribution < 1.29 is 30.0 Å². The average molecular weight is 775 g/mol. The van der Waals surface area contributed by atoms with E-state index in [0.29, 0.717) is 5.92 Å². The van der Waals surface area contributed by atoms with Gasteiger partial charge in [0.15, 0.2) is 5.78 Å². The van der Waals surface area contributed by atoms with Gasteiger partial charge in [-0.05, 0) is 64.6 Å². The van der Waals surface area contributed by atoms with Crippen molar-refractivity contribution in [1.29, 1.82) is 0 Å². The van der Waals surface area contributed by atoms with Crippen molar-refractivity contribution in [1.82, 2.24) is 4.98 Å². The number of nitrogens with zero attached hydrogens (tertiary/aromatic N) is 1. The molecule has 4 rings (SSSR count). The Hall–Kier alpha value is -2.29. The number of hydrogen-bond donors (Lipinski definition) is 1. The van der Waals surface area contributed by atoms with Gasteiger partial charge in [0.05, 0.1) is 0 Å². The molecule has 1 aromatic heterocycles. The van der Waals surface area contributed by atoms with Crippen LogP contribution in [0.5, 0.6) is 0 Å². The van der Waals surface area contributed by atoms with Gasteiger partial charge < -0.3 is 10.1 Å². The fourth-order valence-corrected chi connectivity index (χ4v) is 5.63. The first-order chi connectivity index (χ1) is 19.8. The summed E-state index contributed by atoms with van der Waals surface area (Å²) in [6.07, 6.45) is 10.4. The Bertz CT molecular complexity index is 1460. The fraction of sp³-hybridized carbons (Fsp3) is 0.550. The van der Waals surface area contributed by atoms with Gasteiger partial charge in [0.25, 0.3) is 0 Å². The Kier molecular flexibility index (Phi) is 12.8. The number of carbonyl (C=O) groups excluding carboxylic acids is 1. The summed E-state index contributed by atoms with van der Waals surface area (Å²) in [5.74, 6) is 1.56. The number of carbonyl (C=O) groups is 1. The summed E-state index contributed by atoms with van der Waals surface area (Å²) in [6.45, 7) is 24.7. The molecule has 1 aliphatic carbocycles. The summed E-state index contributed by atoms with van der Waals surface area (Å²) in [7, 11) is 0. The predicted molar refractivity (Wildman–Crippen MR) is 184 cm³/mol. The van der Waals surface area contributed by atoms with Crippen molar-refractivity contribution in [2.75, 3.05) is 0 Å². The monoisotopic (exact) mass is 775 g/mol. The molecule has 1 heterocycles.